The maximum atomic E-state index is 12.5. The van der Waals surface area contributed by atoms with Crippen molar-refractivity contribution in [1.82, 2.24) is 0 Å². The number of benzene rings is 3. The minimum atomic E-state index is -0.190. The van der Waals surface area contributed by atoms with Gasteiger partial charge in [0.1, 0.15) is 12.4 Å². The van der Waals surface area contributed by atoms with Crippen LogP contribution >= 0.6 is 0 Å². The topological polar surface area (TPSA) is 56.8 Å². The van der Waals surface area contributed by atoms with Crippen LogP contribution in [0.5, 0.6) is 17.2 Å². The van der Waals surface area contributed by atoms with E-state index in [1.54, 1.807) is 19.2 Å². The Morgan fingerprint density at radius 1 is 0.821 bits per heavy atom. The summed E-state index contributed by atoms with van der Waals surface area (Å²) in [4.78, 5) is 12.5. The Hall–Kier alpha value is -3.47. The lowest BCUT2D eigenvalue weighted by Gasteiger charge is -2.12. The second-order valence-electron chi connectivity index (χ2n) is 6.02. The molecule has 0 spiro atoms. The Balaban J connectivity index is 1.63. The van der Waals surface area contributed by atoms with Crippen LogP contribution in [-0.4, -0.2) is 19.6 Å². The summed E-state index contributed by atoms with van der Waals surface area (Å²) < 4.78 is 16.6. The number of nitrogens with one attached hydrogen (secondary N) is 1. The fourth-order valence-electron chi connectivity index (χ4n) is 2.70. The zero-order valence-corrected chi connectivity index (χ0v) is 16.0. The van der Waals surface area contributed by atoms with E-state index in [9.17, 15) is 4.79 Å². The maximum Gasteiger partial charge on any atom is 0.255 e. The molecular weight excluding hydrogens is 354 g/mol. The third-order valence-corrected chi connectivity index (χ3v) is 4.11. The predicted molar refractivity (Wildman–Crippen MR) is 109 cm³/mol. The minimum Gasteiger partial charge on any atom is -0.493 e. The lowest BCUT2D eigenvalue weighted by atomic mass is 10.1. The Morgan fingerprint density at radius 3 is 2.14 bits per heavy atom. The van der Waals surface area contributed by atoms with Gasteiger partial charge in [0.2, 0.25) is 0 Å². The summed E-state index contributed by atoms with van der Waals surface area (Å²) >= 11 is 0. The second kappa shape index (κ2) is 9.46. The number of anilines is 1. The monoisotopic (exact) mass is 377 g/mol. The maximum absolute atomic E-state index is 12.5. The molecule has 1 N–H and O–H groups in total. The molecule has 28 heavy (non-hydrogen) atoms. The lowest BCUT2D eigenvalue weighted by Crippen LogP contribution is -2.13. The van der Waals surface area contributed by atoms with Crippen molar-refractivity contribution in [3.8, 4) is 17.2 Å². The summed E-state index contributed by atoms with van der Waals surface area (Å²) in [6.45, 7) is 2.83. The van der Waals surface area contributed by atoms with Crippen LogP contribution in [0.2, 0.25) is 0 Å². The van der Waals surface area contributed by atoms with Crippen molar-refractivity contribution < 1.29 is 19.0 Å². The zero-order chi connectivity index (χ0) is 19.8. The smallest absolute Gasteiger partial charge is 0.255 e. The molecule has 3 aromatic rings. The third kappa shape index (κ3) is 4.82. The first-order valence-corrected chi connectivity index (χ1v) is 9.09. The van der Waals surface area contributed by atoms with Gasteiger partial charge in [-0.3, -0.25) is 4.79 Å². The number of carbonyl (C=O) groups excluding carboxylic acids is 1. The highest BCUT2D eigenvalue weighted by Crippen LogP contribution is 2.27. The number of para-hydroxylation sites is 4. The molecule has 3 aromatic carbocycles. The van der Waals surface area contributed by atoms with Crippen molar-refractivity contribution in [2.75, 3.05) is 19.0 Å². The average molecular weight is 377 g/mol. The average Bonchev–Trinajstić information content (AvgIpc) is 2.74. The van der Waals surface area contributed by atoms with E-state index >= 15 is 0 Å². The largest absolute Gasteiger partial charge is 0.493 e. The molecule has 0 aliphatic rings. The SMILES string of the molecule is CCOc1ccccc1NC(=O)c1ccc(COc2ccccc2OC)cc1. The van der Waals surface area contributed by atoms with E-state index in [0.717, 1.165) is 5.56 Å². The van der Waals surface area contributed by atoms with Gasteiger partial charge in [-0.25, -0.2) is 0 Å². The Labute approximate surface area is 164 Å². The molecule has 0 saturated heterocycles. The van der Waals surface area contributed by atoms with Crippen molar-refractivity contribution in [2.45, 2.75) is 13.5 Å². The quantitative estimate of drug-likeness (QED) is 0.605. The van der Waals surface area contributed by atoms with Gasteiger partial charge in [-0.2, -0.15) is 0 Å². The van der Waals surface area contributed by atoms with Crippen LogP contribution in [-0.2, 0) is 6.61 Å². The summed E-state index contributed by atoms with van der Waals surface area (Å²) in [6.07, 6.45) is 0. The van der Waals surface area contributed by atoms with Crippen molar-refractivity contribution in [2.24, 2.45) is 0 Å². The molecule has 0 radical (unpaired) electrons. The summed E-state index contributed by atoms with van der Waals surface area (Å²) in [7, 11) is 1.61. The fraction of sp³-hybridized carbons (Fsp3) is 0.174. The molecule has 5 heteroatoms. The lowest BCUT2D eigenvalue weighted by molar-refractivity contribution is 0.102. The minimum absolute atomic E-state index is 0.190. The number of ether oxygens (including phenoxy) is 3. The van der Waals surface area contributed by atoms with Gasteiger partial charge in [0.25, 0.3) is 5.91 Å². The van der Waals surface area contributed by atoms with Crippen molar-refractivity contribution >= 4 is 11.6 Å². The summed E-state index contributed by atoms with van der Waals surface area (Å²) in [5, 5.41) is 2.89. The van der Waals surface area contributed by atoms with Crippen LogP contribution in [0.4, 0.5) is 5.69 Å². The molecule has 144 valence electrons. The Bertz CT molecular complexity index is 922. The summed E-state index contributed by atoms with van der Waals surface area (Å²) in [6, 6.07) is 22.2. The van der Waals surface area contributed by atoms with Gasteiger partial charge >= 0.3 is 0 Å². The van der Waals surface area contributed by atoms with Gasteiger partial charge in [-0.15, -0.1) is 0 Å². The van der Waals surface area contributed by atoms with E-state index in [2.05, 4.69) is 5.32 Å². The van der Waals surface area contributed by atoms with E-state index in [-0.39, 0.29) is 5.91 Å². The number of hydrogen-bond acceptors (Lipinski definition) is 4. The van der Waals surface area contributed by atoms with Crippen molar-refractivity contribution in [3.63, 3.8) is 0 Å². The van der Waals surface area contributed by atoms with Crippen LogP contribution in [0, 0.1) is 0 Å². The van der Waals surface area contributed by atoms with E-state index in [4.69, 9.17) is 14.2 Å². The number of carbonyl (C=O) groups is 1. The Kier molecular flexibility index (Phi) is 6.52. The molecule has 0 aromatic heterocycles. The molecule has 3 rings (SSSR count). The fourth-order valence-corrected chi connectivity index (χ4v) is 2.70. The Morgan fingerprint density at radius 2 is 1.46 bits per heavy atom. The predicted octanol–water partition coefficient (Wildman–Crippen LogP) is 4.93. The molecule has 0 unspecified atom stereocenters. The van der Waals surface area contributed by atoms with E-state index in [1.165, 1.54) is 0 Å². The molecule has 5 nitrogen and oxygen atoms in total. The standard InChI is InChI=1S/C23H23NO4/c1-3-27-20-9-5-4-8-19(20)24-23(25)18-14-12-17(13-15-18)16-28-22-11-7-6-10-21(22)26-2/h4-15H,3,16H2,1-2H3,(H,24,25). The molecule has 0 aliphatic carbocycles. The van der Waals surface area contributed by atoms with Crippen LogP contribution in [0.25, 0.3) is 0 Å². The summed E-state index contributed by atoms with van der Waals surface area (Å²) in [5.74, 6) is 1.83. The first-order chi connectivity index (χ1) is 13.7. The molecule has 1 amide bonds. The molecule has 0 aliphatic heterocycles. The van der Waals surface area contributed by atoms with Gasteiger partial charge in [-0.1, -0.05) is 36.4 Å². The molecular formula is C23H23NO4. The number of rotatable bonds is 8. The highest BCUT2D eigenvalue weighted by Gasteiger charge is 2.10. The molecule has 0 saturated carbocycles. The second-order valence-corrected chi connectivity index (χ2v) is 6.02. The molecule has 0 atom stereocenters. The number of hydrogen-bond donors (Lipinski definition) is 1. The molecule has 0 heterocycles. The first kappa shape index (κ1) is 19.3. The van der Waals surface area contributed by atoms with E-state index in [1.807, 2.05) is 67.6 Å². The van der Waals surface area contributed by atoms with E-state index < -0.39 is 0 Å². The number of amides is 1. The van der Waals surface area contributed by atoms with Gasteiger partial charge < -0.3 is 19.5 Å². The number of methoxy groups -OCH3 is 1. The van der Waals surface area contributed by atoms with Gasteiger partial charge in [-0.05, 0) is 48.9 Å². The third-order valence-electron chi connectivity index (χ3n) is 4.11. The van der Waals surface area contributed by atoms with Crippen LogP contribution in [0.1, 0.15) is 22.8 Å². The highest BCUT2D eigenvalue weighted by molar-refractivity contribution is 6.05. The summed E-state index contributed by atoms with van der Waals surface area (Å²) in [5.41, 5.74) is 2.17. The van der Waals surface area contributed by atoms with Gasteiger partial charge in [0.15, 0.2) is 11.5 Å². The molecule has 0 bridgehead atoms. The first-order valence-electron chi connectivity index (χ1n) is 9.09. The van der Waals surface area contributed by atoms with Gasteiger partial charge in [0.05, 0.1) is 19.4 Å². The van der Waals surface area contributed by atoms with Crippen LogP contribution < -0.4 is 19.5 Å². The van der Waals surface area contributed by atoms with Crippen LogP contribution in [0.15, 0.2) is 72.8 Å². The van der Waals surface area contributed by atoms with E-state index in [0.29, 0.717) is 41.7 Å². The van der Waals surface area contributed by atoms with Gasteiger partial charge in [0, 0.05) is 5.56 Å². The van der Waals surface area contributed by atoms with Crippen molar-refractivity contribution in [3.05, 3.63) is 83.9 Å². The molecule has 0 fully saturated rings. The highest BCUT2D eigenvalue weighted by atomic mass is 16.5. The van der Waals surface area contributed by atoms with Crippen molar-refractivity contribution in [1.29, 1.82) is 0 Å². The van der Waals surface area contributed by atoms with Crippen LogP contribution in [0.3, 0.4) is 0 Å². The zero-order valence-electron chi connectivity index (χ0n) is 16.0. The normalized spacial score (nSPS) is 10.2.